The largest absolute Gasteiger partial charge is 0.417 e. The molecule has 2 aromatic carbocycles. The highest BCUT2D eigenvalue weighted by molar-refractivity contribution is 7.99. The highest BCUT2D eigenvalue weighted by atomic mass is 32.2. The van der Waals surface area contributed by atoms with Crippen molar-refractivity contribution in [2.75, 3.05) is 16.8 Å². The SMILES string of the molecule is CCN1C(=O)c2cccnc2Sc2cc(NC(=O)c3ccccc3C(F)(F)F)ccc21. The van der Waals surface area contributed by atoms with Gasteiger partial charge in [-0.15, -0.1) is 0 Å². The van der Waals surface area contributed by atoms with Gasteiger partial charge in [-0.25, -0.2) is 4.98 Å². The number of halogens is 3. The molecule has 0 spiro atoms. The quantitative estimate of drug-likeness (QED) is 0.582. The Hall–Kier alpha value is -3.33. The number of rotatable bonds is 3. The third-order valence-corrected chi connectivity index (χ3v) is 5.82. The van der Waals surface area contributed by atoms with E-state index in [0.29, 0.717) is 33.4 Å². The summed E-state index contributed by atoms with van der Waals surface area (Å²) in [7, 11) is 0. The van der Waals surface area contributed by atoms with Crippen molar-refractivity contribution in [1.82, 2.24) is 4.98 Å². The molecule has 2 amide bonds. The molecule has 9 heteroatoms. The molecule has 1 aliphatic heterocycles. The average Bonchev–Trinajstić information content (AvgIpc) is 2.86. The molecule has 1 aromatic heterocycles. The van der Waals surface area contributed by atoms with Crippen LogP contribution in [0, 0.1) is 0 Å². The predicted molar refractivity (Wildman–Crippen MR) is 112 cm³/mol. The first-order valence-corrected chi connectivity index (χ1v) is 10.2. The van der Waals surface area contributed by atoms with E-state index < -0.39 is 23.2 Å². The number of anilines is 2. The Morgan fingerprint density at radius 3 is 2.65 bits per heavy atom. The van der Waals surface area contributed by atoms with Crippen molar-refractivity contribution in [3.8, 4) is 0 Å². The van der Waals surface area contributed by atoms with Crippen LogP contribution in [0.3, 0.4) is 0 Å². The molecule has 3 aromatic rings. The molecule has 0 unspecified atom stereocenters. The van der Waals surface area contributed by atoms with Crippen LogP contribution in [0.1, 0.15) is 33.2 Å². The van der Waals surface area contributed by atoms with Crippen LogP contribution in [-0.4, -0.2) is 23.3 Å². The van der Waals surface area contributed by atoms with Gasteiger partial charge in [-0.3, -0.25) is 9.59 Å². The molecule has 2 heterocycles. The fourth-order valence-electron chi connectivity index (χ4n) is 3.33. The smallest absolute Gasteiger partial charge is 0.322 e. The van der Waals surface area contributed by atoms with Crippen molar-refractivity contribution >= 4 is 35.0 Å². The molecule has 0 atom stereocenters. The number of carbonyl (C=O) groups is 2. The number of nitrogens with zero attached hydrogens (tertiary/aromatic N) is 2. The molecule has 31 heavy (non-hydrogen) atoms. The lowest BCUT2D eigenvalue weighted by molar-refractivity contribution is -0.137. The molecule has 1 N–H and O–H groups in total. The standard InChI is InChI=1S/C22H16F3N3O2S/c1-2-28-17-10-9-13(12-18(17)31-20-15(21(28)30)7-5-11-26-20)27-19(29)14-6-3-4-8-16(14)22(23,24)25/h3-12H,2H2,1H3,(H,27,29). The maximum Gasteiger partial charge on any atom is 0.417 e. The van der Waals surface area contributed by atoms with Crippen molar-refractivity contribution in [1.29, 1.82) is 0 Å². The van der Waals surface area contributed by atoms with E-state index in [9.17, 15) is 22.8 Å². The number of hydrogen-bond acceptors (Lipinski definition) is 4. The predicted octanol–water partition coefficient (Wildman–Crippen LogP) is 5.48. The van der Waals surface area contributed by atoms with Gasteiger partial charge < -0.3 is 10.2 Å². The molecule has 0 radical (unpaired) electrons. The highest BCUT2D eigenvalue weighted by Crippen LogP contribution is 2.41. The molecule has 0 saturated heterocycles. The fraction of sp³-hybridized carbons (Fsp3) is 0.136. The Bertz CT molecular complexity index is 1180. The van der Waals surface area contributed by atoms with Gasteiger partial charge in [0, 0.05) is 23.3 Å². The average molecular weight is 443 g/mol. The fourth-order valence-corrected chi connectivity index (χ4v) is 4.39. The number of carbonyl (C=O) groups excluding carboxylic acids is 2. The van der Waals surface area contributed by atoms with E-state index in [2.05, 4.69) is 10.3 Å². The summed E-state index contributed by atoms with van der Waals surface area (Å²) in [5.41, 5.74) is -0.0389. The minimum absolute atomic E-state index is 0.187. The number of aromatic nitrogens is 1. The van der Waals surface area contributed by atoms with Gasteiger partial charge in [0.25, 0.3) is 11.8 Å². The van der Waals surface area contributed by atoms with Crippen molar-refractivity contribution in [2.45, 2.75) is 23.0 Å². The maximum atomic E-state index is 13.2. The molecule has 0 aliphatic carbocycles. The van der Waals surface area contributed by atoms with Crippen LogP contribution in [0.5, 0.6) is 0 Å². The summed E-state index contributed by atoms with van der Waals surface area (Å²) in [5, 5.41) is 3.06. The van der Waals surface area contributed by atoms with E-state index in [4.69, 9.17) is 0 Å². The zero-order chi connectivity index (χ0) is 22.2. The number of hydrogen-bond donors (Lipinski definition) is 1. The summed E-state index contributed by atoms with van der Waals surface area (Å²) in [6, 6.07) is 12.9. The second-order valence-corrected chi connectivity index (χ2v) is 7.72. The molecular weight excluding hydrogens is 427 g/mol. The summed E-state index contributed by atoms with van der Waals surface area (Å²) in [5.74, 6) is -1.05. The minimum Gasteiger partial charge on any atom is -0.322 e. The summed E-state index contributed by atoms with van der Waals surface area (Å²) in [4.78, 5) is 32.0. The molecule has 0 saturated carbocycles. The molecule has 1 aliphatic rings. The third kappa shape index (κ3) is 4.00. The number of benzene rings is 2. The van der Waals surface area contributed by atoms with Crippen LogP contribution in [0.4, 0.5) is 24.5 Å². The van der Waals surface area contributed by atoms with Gasteiger partial charge >= 0.3 is 6.18 Å². The van der Waals surface area contributed by atoms with E-state index in [1.54, 1.807) is 41.4 Å². The molecular formula is C22H16F3N3O2S. The number of alkyl halides is 3. The minimum atomic E-state index is -4.64. The second-order valence-electron chi connectivity index (χ2n) is 6.69. The molecule has 0 fully saturated rings. The number of pyridine rings is 1. The van der Waals surface area contributed by atoms with Gasteiger partial charge in [0.05, 0.1) is 22.4 Å². The van der Waals surface area contributed by atoms with E-state index in [1.807, 2.05) is 6.92 Å². The molecule has 4 rings (SSSR count). The third-order valence-electron chi connectivity index (χ3n) is 4.76. The Morgan fingerprint density at radius 2 is 1.90 bits per heavy atom. The van der Waals surface area contributed by atoms with Crippen molar-refractivity contribution < 1.29 is 22.8 Å². The Labute approximate surface area is 180 Å². The van der Waals surface area contributed by atoms with Crippen LogP contribution in [0.15, 0.2) is 70.7 Å². The Kier molecular flexibility index (Phi) is 5.45. The second kappa shape index (κ2) is 8.07. The van der Waals surface area contributed by atoms with Gasteiger partial charge in [0.15, 0.2) is 0 Å². The van der Waals surface area contributed by atoms with Crippen molar-refractivity contribution in [2.24, 2.45) is 0 Å². The first-order valence-electron chi connectivity index (χ1n) is 9.36. The summed E-state index contributed by atoms with van der Waals surface area (Å²) in [6.45, 7) is 2.27. The Morgan fingerprint density at radius 1 is 1.13 bits per heavy atom. The molecule has 5 nitrogen and oxygen atoms in total. The number of fused-ring (bicyclic) bond motifs is 2. The summed E-state index contributed by atoms with van der Waals surface area (Å²) in [6.07, 6.45) is -3.06. The lowest BCUT2D eigenvalue weighted by Crippen LogP contribution is -2.30. The van der Waals surface area contributed by atoms with Crippen LogP contribution >= 0.6 is 11.8 Å². The number of nitrogens with one attached hydrogen (secondary N) is 1. The van der Waals surface area contributed by atoms with Crippen molar-refractivity contribution in [3.05, 3.63) is 77.5 Å². The van der Waals surface area contributed by atoms with Gasteiger partial charge in [-0.05, 0) is 49.4 Å². The van der Waals surface area contributed by atoms with Crippen LogP contribution in [0.25, 0.3) is 0 Å². The van der Waals surface area contributed by atoms with E-state index >= 15 is 0 Å². The van der Waals surface area contributed by atoms with E-state index in [0.717, 1.165) is 12.1 Å². The first-order chi connectivity index (χ1) is 14.8. The summed E-state index contributed by atoms with van der Waals surface area (Å²) < 4.78 is 39.7. The topological polar surface area (TPSA) is 62.3 Å². The zero-order valence-corrected chi connectivity index (χ0v) is 17.1. The number of amides is 2. The van der Waals surface area contributed by atoms with Gasteiger partial charge in [-0.2, -0.15) is 13.2 Å². The zero-order valence-electron chi connectivity index (χ0n) is 16.2. The van der Waals surface area contributed by atoms with Gasteiger partial charge in [0.2, 0.25) is 0 Å². The highest BCUT2D eigenvalue weighted by Gasteiger charge is 2.35. The van der Waals surface area contributed by atoms with Crippen LogP contribution in [-0.2, 0) is 6.18 Å². The first kappa shape index (κ1) is 20.9. The van der Waals surface area contributed by atoms with Gasteiger partial charge in [-0.1, -0.05) is 23.9 Å². The lowest BCUT2D eigenvalue weighted by atomic mass is 10.1. The van der Waals surface area contributed by atoms with Crippen molar-refractivity contribution in [3.63, 3.8) is 0 Å². The lowest BCUT2D eigenvalue weighted by Gasteiger charge is -2.21. The Balaban J connectivity index is 1.70. The van der Waals surface area contributed by atoms with Crippen LogP contribution < -0.4 is 10.2 Å². The molecule has 158 valence electrons. The van der Waals surface area contributed by atoms with Crippen LogP contribution in [0.2, 0.25) is 0 Å². The monoisotopic (exact) mass is 443 g/mol. The summed E-state index contributed by atoms with van der Waals surface area (Å²) >= 11 is 1.27. The van der Waals surface area contributed by atoms with E-state index in [1.165, 1.54) is 23.9 Å². The van der Waals surface area contributed by atoms with Gasteiger partial charge in [0.1, 0.15) is 5.03 Å². The normalized spacial score (nSPS) is 13.3. The molecule has 0 bridgehead atoms. The maximum absolute atomic E-state index is 13.2. The van der Waals surface area contributed by atoms with E-state index in [-0.39, 0.29) is 5.91 Å².